The van der Waals surface area contributed by atoms with Crippen LogP contribution in [-0.4, -0.2) is 4.98 Å². The Hall–Kier alpha value is -1.25. The maximum absolute atomic E-state index is 6.20. The summed E-state index contributed by atoms with van der Waals surface area (Å²) in [6.45, 7) is 6.17. The highest BCUT2D eigenvalue weighted by Crippen LogP contribution is 2.33. The Bertz CT molecular complexity index is 566. The summed E-state index contributed by atoms with van der Waals surface area (Å²) in [7, 11) is 0. The van der Waals surface area contributed by atoms with Crippen LogP contribution in [0.1, 0.15) is 16.7 Å². The Balaban J connectivity index is 2.69. The molecule has 0 bridgehead atoms. The summed E-state index contributed by atoms with van der Waals surface area (Å²) in [5.74, 6) is 0.300. The molecule has 2 rings (SSSR count). The van der Waals surface area contributed by atoms with Crippen molar-refractivity contribution in [1.29, 1.82) is 0 Å². The maximum Gasteiger partial charge on any atom is 0.143 e. The standard InChI is InChI=1S/C14H14Cl2N2/c1-7-4-9(3)10(5-8(7)2)13-11(15)6-12(16)14(17)18-13/h4-6H,1-3H3,(H2,17,18). The molecule has 0 aliphatic heterocycles. The fourth-order valence-corrected chi connectivity index (χ4v) is 2.35. The van der Waals surface area contributed by atoms with Gasteiger partial charge in [0.25, 0.3) is 0 Å². The van der Waals surface area contributed by atoms with E-state index in [0.29, 0.717) is 21.6 Å². The van der Waals surface area contributed by atoms with Crippen molar-refractivity contribution in [3.05, 3.63) is 44.9 Å². The van der Waals surface area contributed by atoms with Gasteiger partial charge in [0.2, 0.25) is 0 Å². The molecule has 0 radical (unpaired) electrons. The first kappa shape index (κ1) is 13.2. The zero-order valence-electron chi connectivity index (χ0n) is 10.5. The lowest BCUT2D eigenvalue weighted by atomic mass is 9.98. The smallest absolute Gasteiger partial charge is 0.143 e. The van der Waals surface area contributed by atoms with Gasteiger partial charge in [0, 0.05) is 5.56 Å². The van der Waals surface area contributed by atoms with Gasteiger partial charge in [-0.1, -0.05) is 29.3 Å². The van der Waals surface area contributed by atoms with Crippen molar-refractivity contribution in [2.24, 2.45) is 0 Å². The lowest BCUT2D eigenvalue weighted by Crippen LogP contribution is -1.97. The van der Waals surface area contributed by atoms with Crippen LogP contribution in [-0.2, 0) is 0 Å². The van der Waals surface area contributed by atoms with E-state index in [1.165, 1.54) is 11.1 Å². The lowest BCUT2D eigenvalue weighted by Gasteiger charge is -2.12. The van der Waals surface area contributed by atoms with Crippen LogP contribution in [0.5, 0.6) is 0 Å². The predicted octanol–water partition coefficient (Wildman–Crippen LogP) is 4.56. The Kier molecular flexibility index (Phi) is 3.51. The highest BCUT2D eigenvalue weighted by Gasteiger charge is 2.12. The summed E-state index contributed by atoms with van der Waals surface area (Å²) in [6, 6.07) is 5.83. The van der Waals surface area contributed by atoms with Gasteiger partial charge in [0.1, 0.15) is 5.82 Å². The molecule has 1 heterocycles. The third kappa shape index (κ3) is 2.31. The van der Waals surface area contributed by atoms with Crippen LogP contribution >= 0.6 is 23.2 Å². The molecule has 0 amide bonds. The summed E-state index contributed by atoms with van der Waals surface area (Å²) >= 11 is 12.1. The molecule has 2 aromatic rings. The topological polar surface area (TPSA) is 38.9 Å². The van der Waals surface area contributed by atoms with Crippen molar-refractivity contribution < 1.29 is 0 Å². The third-order valence-corrected chi connectivity index (χ3v) is 3.64. The van der Waals surface area contributed by atoms with Gasteiger partial charge in [-0.05, 0) is 49.6 Å². The summed E-state index contributed by atoms with van der Waals surface area (Å²) in [6.07, 6.45) is 0. The number of hydrogen-bond acceptors (Lipinski definition) is 2. The van der Waals surface area contributed by atoms with Gasteiger partial charge in [-0.25, -0.2) is 4.98 Å². The second kappa shape index (κ2) is 4.79. The van der Waals surface area contributed by atoms with Crippen LogP contribution in [0.4, 0.5) is 5.82 Å². The van der Waals surface area contributed by atoms with Gasteiger partial charge in [0.15, 0.2) is 0 Å². The zero-order valence-corrected chi connectivity index (χ0v) is 12.0. The summed E-state index contributed by atoms with van der Waals surface area (Å²) in [5, 5.41) is 0.894. The van der Waals surface area contributed by atoms with E-state index in [0.717, 1.165) is 11.1 Å². The number of benzene rings is 1. The minimum Gasteiger partial charge on any atom is -0.382 e. The lowest BCUT2D eigenvalue weighted by molar-refractivity contribution is 1.26. The van der Waals surface area contributed by atoms with Crippen molar-refractivity contribution in [1.82, 2.24) is 4.98 Å². The van der Waals surface area contributed by atoms with Crippen LogP contribution < -0.4 is 5.73 Å². The molecule has 2 N–H and O–H groups in total. The van der Waals surface area contributed by atoms with Crippen LogP contribution in [0.3, 0.4) is 0 Å². The van der Waals surface area contributed by atoms with Crippen molar-refractivity contribution >= 4 is 29.0 Å². The molecule has 0 spiro atoms. The van der Waals surface area contributed by atoms with E-state index in [1.54, 1.807) is 6.07 Å². The second-order valence-electron chi connectivity index (χ2n) is 4.44. The Morgan fingerprint density at radius 3 is 2.17 bits per heavy atom. The molecule has 0 unspecified atom stereocenters. The number of halogens is 2. The second-order valence-corrected chi connectivity index (χ2v) is 5.25. The largest absolute Gasteiger partial charge is 0.382 e. The number of nitrogens with two attached hydrogens (primary N) is 1. The number of aryl methyl sites for hydroxylation is 3. The highest BCUT2D eigenvalue weighted by molar-refractivity contribution is 6.37. The highest BCUT2D eigenvalue weighted by atomic mass is 35.5. The van der Waals surface area contributed by atoms with Gasteiger partial charge in [-0.2, -0.15) is 0 Å². The quantitative estimate of drug-likeness (QED) is 0.832. The SMILES string of the molecule is Cc1cc(C)c(-c2nc(N)c(Cl)cc2Cl)cc1C. The van der Waals surface area contributed by atoms with E-state index in [9.17, 15) is 0 Å². The monoisotopic (exact) mass is 280 g/mol. The van der Waals surface area contributed by atoms with E-state index < -0.39 is 0 Å². The third-order valence-electron chi connectivity index (χ3n) is 3.05. The molecule has 0 aliphatic carbocycles. The van der Waals surface area contributed by atoms with Gasteiger partial charge >= 0.3 is 0 Å². The first-order valence-electron chi connectivity index (χ1n) is 5.60. The number of anilines is 1. The normalized spacial score (nSPS) is 10.7. The zero-order chi connectivity index (χ0) is 13.4. The molecular weight excluding hydrogens is 267 g/mol. The predicted molar refractivity (Wildman–Crippen MR) is 78.3 cm³/mol. The molecule has 0 saturated carbocycles. The molecular formula is C14H14Cl2N2. The first-order valence-corrected chi connectivity index (χ1v) is 6.35. The molecule has 4 heteroatoms. The van der Waals surface area contributed by atoms with Gasteiger partial charge in [0.05, 0.1) is 15.7 Å². The molecule has 18 heavy (non-hydrogen) atoms. The minimum atomic E-state index is 0.300. The van der Waals surface area contributed by atoms with Crippen LogP contribution in [0.25, 0.3) is 11.3 Å². The van der Waals surface area contributed by atoms with E-state index in [2.05, 4.69) is 31.0 Å². The Morgan fingerprint density at radius 1 is 0.889 bits per heavy atom. The number of aromatic nitrogens is 1. The molecule has 0 aliphatic rings. The number of nitrogens with zero attached hydrogens (tertiary/aromatic N) is 1. The number of nitrogen functional groups attached to an aromatic ring is 1. The van der Waals surface area contributed by atoms with Gasteiger partial charge in [-0.15, -0.1) is 0 Å². The molecule has 1 aromatic heterocycles. The van der Waals surface area contributed by atoms with Crippen molar-refractivity contribution in [2.75, 3.05) is 5.73 Å². The van der Waals surface area contributed by atoms with Crippen molar-refractivity contribution in [3.63, 3.8) is 0 Å². The van der Waals surface area contributed by atoms with E-state index in [4.69, 9.17) is 28.9 Å². The molecule has 2 nitrogen and oxygen atoms in total. The average molecular weight is 281 g/mol. The van der Waals surface area contributed by atoms with Gasteiger partial charge < -0.3 is 5.73 Å². The molecule has 0 atom stereocenters. The number of pyridine rings is 1. The molecule has 1 aromatic carbocycles. The summed E-state index contributed by atoms with van der Waals surface area (Å²) < 4.78 is 0. The van der Waals surface area contributed by atoms with Crippen molar-refractivity contribution in [3.8, 4) is 11.3 Å². The van der Waals surface area contributed by atoms with E-state index in [1.807, 2.05) is 6.92 Å². The summed E-state index contributed by atoms with van der Waals surface area (Å²) in [5.41, 5.74) is 11.0. The van der Waals surface area contributed by atoms with Gasteiger partial charge in [-0.3, -0.25) is 0 Å². The Labute approximate surface area is 117 Å². The number of rotatable bonds is 1. The maximum atomic E-state index is 6.20. The molecule has 0 fully saturated rings. The van der Waals surface area contributed by atoms with Crippen LogP contribution in [0.15, 0.2) is 18.2 Å². The fourth-order valence-electron chi connectivity index (χ4n) is 1.89. The molecule has 94 valence electrons. The van der Waals surface area contributed by atoms with Crippen LogP contribution in [0.2, 0.25) is 10.0 Å². The minimum absolute atomic E-state index is 0.300. The molecule has 0 saturated heterocycles. The van der Waals surface area contributed by atoms with E-state index in [-0.39, 0.29) is 0 Å². The average Bonchev–Trinajstić information content (AvgIpc) is 2.29. The summed E-state index contributed by atoms with van der Waals surface area (Å²) in [4.78, 5) is 4.29. The van der Waals surface area contributed by atoms with Crippen molar-refractivity contribution in [2.45, 2.75) is 20.8 Å². The first-order chi connectivity index (χ1) is 8.40. The number of hydrogen-bond donors (Lipinski definition) is 1. The Morgan fingerprint density at radius 2 is 1.50 bits per heavy atom. The van der Waals surface area contributed by atoms with Crippen LogP contribution in [0, 0.1) is 20.8 Å². The fraction of sp³-hybridized carbons (Fsp3) is 0.214. The van der Waals surface area contributed by atoms with E-state index >= 15 is 0 Å².